The zero-order chi connectivity index (χ0) is 15.8. The van der Waals surface area contributed by atoms with Crippen molar-refractivity contribution >= 4 is 21.4 Å². The molecule has 6 heteroatoms. The van der Waals surface area contributed by atoms with E-state index < -0.39 is 9.84 Å². The van der Waals surface area contributed by atoms with E-state index in [1.165, 1.54) is 12.1 Å². The maximum absolute atomic E-state index is 12.3. The fourth-order valence-corrected chi connectivity index (χ4v) is 2.79. The second-order valence-corrected chi connectivity index (χ2v) is 6.98. The van der Waals surface area contributed by atoms with E-state index in [4.69, 9.17) is 4.42 Å². The lowest BCUT2D eigenvalue weighted by Gasteiger charge is -2.07. The van der Waals surface area contributed by atoms with Crippen LogP contribution >= 0.6 is 0 Å². The summed E-state index contributed by atoms with van der Waals surface area (Å²) in [6, 6.07) is 6.16. The van der Waals surface area contributed by atoms with Crippen LogP contribution in [0.1, 0.15) is 27.4 Å². The van der Waals surface area contributed by atoms with Gasteiger partial charge in [0.1, 0.15) is 11.5 Å². The van der Waals surface area contributed by atoms with E-state index in [-0.39, 0.29) is 10.8 Å². The normalized spacial score (nSPS) is 11.4. The molecule has 1 heterocycles. The highest BCUT2D eigenvalue weighted by Crippen LogP contribution is 2.22. The number of amides is 1. The topological polar surface area (TPSA) is 76.4 Å². The molecule has 0 saturated carbocycles. The van der Waals surface area contributed by atoms with Crippen LogP contribution in [0.25, 0.3) is 0 Å². The summed E-state index contributed by atoms with van der Waals surface area (Å²) in [4.78, 5) is 12.5. The molecule has 0 radical (unpaired) electrons. The molecular formula is C15H17NO4S. The molecule has 0 aliphatic carbocycles. The molecular weight excluding hydrogens is 290 g/mol. The van der Waals surface area contributed by atoms with Gasteiger partial charge in [0.25, 0.3) is 5.91 Å². The Bertz CT molecular complexity index is 803. The molecule has 0 fully saturated rings. The molecule has 21 heavy (non-hydrogen) atoms. The molecule has 0 spiro atoms. The lowest BCUT2D eigenvalue weighted by Crippen LogP contribution is -2.14. The lowest BCUT2D eigenvalue weighted by molar-refractivity contribution is 0.102. The molecule has 2 rings (SSSR count). The standard InChI is InChI=1S/C15H17NO4S/c1-9-10(2)20-11(3)14(9)15(17)16-12-6-5-7-13(8-12)21(4,18)19/h5-8H,1-4H3,(H,16,17). The van der Waals surface area contributed by atoms with Gasteiger partial charge >= 0.3 is 0 Å². The van der Waals surface area contributed by atoms with Gasteiger partial charge in [0.05, 0.1) is 10.5 Å². The number of hydrogen-bond donors (Lipinski definition) is 1. The van der Waals surface area contributed by atoms with Gasteiger partial charge in [-0.2, -0.15) is 0 Å². The summed E-state index contributed by atoms with van der Waals surface area (Å²) in [5, 5.41) is 2.70. The van der Waals surface area contributed by atoms with Crippen molar-refractivity contribution in [2.24, 2.45) is 0 Å². The average molecular weight is 307 g/mol. The zero-order valence-electron chi connectivity index (χ0n) is 12.4. The first-order valence-electron chi connectivity index (χ1n) is 6.38. The first kappa shape index (κ1) is 15.3. The van der Waals surface area contributed by atoms with Gasteiger partial charge in [0, 0.05) is 17.5 Å². The monoisotopic (exact) mass is 307 g/mol. The van der Waals surface area contributed by atoms with Crippen LogP contribution in [0.3, 0.4) is 0 Å². The van der Waals surface area contributed by atoms with Crippen molar-refractivity contribution in [2.75, 3.05) is 11.6 Å². The van der Waals surface area contributed by atoms with Crippen LogP contribution in [0.5, 0.6) is 0 Å². The first-order valence-corrected chi connectivity index (χ1v) is 8.27. The molecule has 112 valence electrons. The molecule has 1 aromatic carbocycles. The second kappa shape index (κ2) is 5.37. The smallest absolute Gasteiger partial charge is 0.259 e. The number of hydrogen-bond acceptors (Lipinski definition) is 4. The molecule has 0 aliphatic heterocycles. The third kappa shape index (κ3) is 3.16. The molecule has 1 aromatic heterocycles. The van der Waals surface area contributed by atoms with E-state index in [0.717, 1.165) is 11.8 Å². The Morgan fingerprint density at radius 2 is 1.81 bits per heavy atom. The molecule has 2 aromatic rings. The Morgan fingerprint density at radius 3 is 2.33 bits per heavy atom. The Balaban J connectivity index is 2.32. The van der Waals surface area contributed by atoms with Crippen molar-refractivity contribution in [3.8, 4) is 0 Å². The van der Waals surface area contributed by atoms with Crippen molar-refractivity contribution < 1.29 is 17.6 Å². The maximum Gasteiger partial charge on any atom is 0.259 e. The highest BCUT2D eigenvalue weighted by molar-refractivity contribution is 7.90. The highest BCUT2D eigenvalue weighted by atomic mass is 32.2. The zero-order valence-corrected chi connectivity index (χ0v) is 13.2. The van der Waals surface area contributed by atoms with Crippen molar-refractivity contribution in [1.29, 1.82) is 0 Å². The minimum atomic E-state index is -3.31. The van der Waals surface area contributed by atoms with Gasteiger partial charge in [0.15, 0.2) is 9.84 Å². The van der Waals surface area contributed by atoms with Gasteiger partial charge < -0.3 is 9.73 Å². The lowest BCUT2D eigenvalue weighted by atomic mass is 10.1. The fraction of sp³-hybridized carbons (Fsp3) is 0.267. The number of carbonyl (C=O) groups excluding carboxylic acids is 1. The summed E-state index contributed by atoms with van der Waals surface area (Å²) in [5.41, 5.74) is 1.70. The van der Waals surface area contributed by atoms with Gasteiger partial charge in [-0.1, -0.05) is 6.07 Å². The number of aryl methyl sites for hydroxylation is 2. The van der Waals surface area contributed by atoms with Gasteiger partial charge in [-0.15, -0.1) is 0 Å². The molecule has 0 saturated heterocycles. The predicted molar refractivity (Wildman–Crippen MR) is 80.4 cm³/mol. The Labute approximate surface area is 123 Å². The summed E-state index contributed by atoms with van der Waals surface area (Å²) in [6.07, 6.45) is 1.13. The molecule has 1 amide bonds. The minimum Gasteiger partial charge on any atom is -0.466 e. The molecule has 5 nitrogen and oxygen atoms in total. The number of sulfone groups is 1. The van der Waals surface area contributed by atoms with E-state index in [1.54, 1.807) is 26.0 Å². The van der Waals surface area contributed by atoms with Crippen molar-refractivity contribution in [1.82, 2.24) is 0 Å². The Hall–Kier alpha value is -2.08. The van der Waals surface area contributed by atoms with Crippen LogP contribution in [0, 0.1) is 20.8 Å². The number of carbonyl (C=O) groups is 1. The van der Waals surface area contributed by atoms with Gasteiger partial charge in [-0.25, -0.2) is 8.42 Å². The van der Waals surface area contributed by atoms with Crippen LogP contribution in [0.15, 0.2) is 33.6 Å². The quantitative estimate of drug-likeness (QED) is 0.946. The summed E-state index contributed by atoms with van der Waals surface area (Å²) in [6.45, 7) is 5.33. The molecule has 0 aliphatic rings. The summed E-state index contributed by atoms with van der Waals surface area (Å²) in [7, 11) is -3.31. The van der Waals surface area contributed by atoms with E-state index in [2.05, 4.69) is 5.32 Å². The number of rotatable bonds is 3. The van der Waals surface area contributed by atoms with E-state index >= 15 is 0 Å². The van der Waals surface area contributed by atoms with Crippen LogP contribution in [0.2, 0.25) is 0 Å². The van der Waals surface area contributed by atoms with Crippen LogP contribution < -0.4 is 5.32 Å². The van der Waals surface area contributed by atoms with Gasteiger partial charge in [0.2, 0.25) is 0 Å². The van der Waals surface area contributed by atoms with Crippen molar-refractivity contribution in [2.45, 2.75) is 25.7 Å². The van der Waals surface area contributed by atoms with Crippen molar-refractivity contribution in [3.05, 3.63) is 46.9 Å². The maximum atomic E-state index is 12.3. The number of anilines is 1. The first-order chi connectivity index (χ1) is 9.70. The summed E-state index contributed by atoms with van der Waals surface area (Å²) in [5.74, 6) is 0.928. The van der Waals surface area contributed by atoms with E-state index in [1.807, 2.05) is 6.92 Å². The largest absolute Gasteiger partial charge is 0.466 e. The van der Waals surface area contributed by atoms with Crippen LogP contribution in [0.4, 0.5) is 5.69 Å². The van der Waals surface area contributed by atoms with Crippen LogP contribution in [-0.4, -0.2) is 20.6 Å². The minimum absolute atomic E-state index is 0.164. The van der Waals surface area contributed by atoms with E-state index in [9.17, 15) is 13.2 Å². The summed E-state index contributed by atoms with van der Waals surface area (Å²) >= 11 is 0. The molecule has 0 atom stereocenters. The predicted octanol–water partition coefficient (Wildman–Crippen LogP) is 2.86. The fourth-order valence-electron chi connectivity index (χ4n) is 2.13. The molecule has 1 N–H and O–H groups in total. The SMILES string of the molecule is Cc1oc(C)c(C(=O)Nc2cccc(S(C)(=O)=O)c2)c1C. The Morgan fingerprint density at radius 1 is 1.14 bits per heavy atom. The van der Waals surface area contributed by atoms with Crippen molar-refractivity contribution in [3.63, 3.8) is 0 Å². The molecule has 0 unspecified atom stereocenters. The average Bonchev–Trinajstić information content (AvgIpc) is 2.62. The number of nitrogens with one attached hydrogen (secondary N) is 1. The third-order valence-corrected chi connectivity index (χ3v) is 4.42. The highest BCUT2D eigenvalue weighted by Gasteiger charge is 2.19. The third-order valence-electron chi connectivity index (χ3n) is 3.31. The number of benzene rings is 1. The summed E-state index contributed by atoms with van der Waals surface area (Å²) < 4.78 is 28.5. The Kier molecular flexibility index (Phi) is 3.91. The van der Waals surface area contributed by atoms with Gasteiger partial charge in [-0.3, -0.25) is 4.79 Å². The number of furan rings is 1. The van der Waals surface area contributed by atoms with Gasteiger partial charge in [-0.05, 0) is 39.0 Å². The second-order valence-electron chi connectivity index (χ2n) is 4.97. The van der Waals surface area contributed by atoms with E-state index in [0.29, 0.717) is 22.8 Å². The van der Waals surface area contributed by atoms with Crippen LogP contribution in [-0.2, 0) is 9.84 Å². The molecule has 0 bridgehead atoms.